The molecule has 7 heteroatoms. The number of aromatic nitrogens is 4. The van der Waals surface area contributed by atoms with Crippen LogP contribution < -0.4 is 5.73 Å². The van der Waals surface area contributed by atoms with Gasteiger partial charge in [0.2, 0.25) is 0 Å². The van der Waals surface area contributed by atoms with Crippen molar-refractivity contribution in [1.82, 2.24) is 19.5 Å². The van der Waals surface area contributed by atoms with E-state index in [1.54, 1.807) is 6.07 Å². The van der Waals surface area contributed by atoms with Crippen molar-refractivity contribution in [2.24, 2.45) is 7.05 Å². The van der Waals surface area contributed by atoms with Gasteiger partial charge in [-0.1, -0.05) is 23.4 Å². The van der Waals surface area contributed by atoms with Crippen molar-refractivity contribution in [3.63, 3.8) is 0 Å². The summed E-state index contributed by atoms with van der Waals surface area (Å²) in [5.74, 6) is 1.09. The van der Waals surface area contributed by atoms with E-state index in [2.05, 4.69) is 45.8 Å². The molecule has 0 saturated heterocycles. The van der Waals surface area contributed by atoms with E-state index in [9.17, 15) is 0 Å². The molecule has 24 heavy (non-hydrogen) atoms. The highest BCUT2D eigenvalue weighted by Gasteiger charge is 2.27. The summed E-state index contributed by atoms with van der Waals surface area (Å²) in [6.07, 6.45) is 6.78. The summed E-state index contributed by atoms with van der Waals surface area (Å²) in [5.41, 5.74) is 9.38. The van der Waals surface area contributed by atoms with Gasteiger partial charge in [-0.25, -0.2) is 9.97 Å². The maximum absolute atomic E-state index is 5.96. The van der Waals surface area contributed by atoms with Crippen LogP contribution in [-0.2, 0) is 7.05 Å². The van der Waals surface area contributed by atoms with Gasteiger partial charge in [0.15, 0.2) is 5.16 Å². The van der Waals surface area contributed by atoms with Gasteiger partial charge in [-0.2, -0.15) is 0 Å². The molecule has 124 valence electrons. The lowest BCUT2D eigenvalue weighted by Crippen LogP contribution is -1.98. The number of pyridine rings is 1. The molecule has 1 aliphatic rings. The molecule has 0 aliphatic heterocycles. The lowest BCUT2D eigenvalue weighted by molar-refractivity contribution is 0.936. The third kappa shape index (κ3) is 2.96. The van der Waals surface area contributed by atoms with Gasteiger partial charge in [-0.3, -0.25) is 4.98 Å². The third-order valence-corrected chi connectivity index (χ3v) is 5.52. The van der Waals surface area contributed by atoms with Crippen LogP contribution in [0.5, 0.6) is 0 Å². The normalized spacial score (nSPS) is 15.8. The SMILES string of the molecule is CC(Sc1nc(N)cc(Cl)n1)c1cc2c(C3CC3)cn(C)c2cn1. The molecule has 0 radical (unpaired) electrons. The maximum Gasteiger partial charge on any atom is 0.191 e. The van der Waals surface area contributed by atoms with Crippen LogP contribution in [0.3, 0.4) is 0 Å². The van der Waals surface area contributed by atoms with Gasteiger partial charge in [0, 0.05) is 24.7 Å². The van der Waals surface area contributed by atoms with Gasteiger partial charge in [0.25, 0.3) is 0 Å². The molecular weight excluding hydrogens is 342 g/mol. The number of hydrogen-bond donors (Lipinski definition) is 1. The van der Waals surface area contributed by atoms with E-state index in [1.165, 1.54) is 41.1 Å². The van der Waals surface area contributed by atoms with Gasteiger partial charge in [-0.05, 0) is 37.3 Å². The van der Waals surface area contributed by atoms with Crippen LogP contribution in [0.15, 0.2) is 29.7 Å². The summed E-state index contributed by atoms with van der Waals surface area (Å²) in [4.78, 5) is 13.1. The molecule has 0 amide bonds. The number of nitrogen functional groups attached to an aromatic ring is 1. The zero-order valence-electron chi connectivity index (χ0n) is 13.5. The maximum atomic E-state index is 5.96. The van der Waals surface area contributed by atoms with Gasteiger partial charge in [0.05, 0.1) is 22.7 Å². The fourth-order valence-electron chi connectivity index (χ4n) is 2.95. The molecule has 3 aromatic rings. The number of anilines is 1. The fourth-order valence-corrected chi connectivity index (χ4v) is 4.07. The molecule has 0 spiro atoms. The summed E-state index contributed by atoms with van der Waals surface area (Å²) < 4.78 is 2.17. The van der Waals surface area contributed by atoms with Crippen LogP contribution in [0, 0.1) is 0 Å². The first-order valence-electron chi connectivity index (χ1n) is 7.93. The van der Waals surface area contributed by atoms with Crippen LogP contribution in [-0.4, -0.2) is 19.5 Å². The summed E-state index contributed by atoms with van der Waals surface area (Å²) in [6.45, 7) is 2.10. The number of fused-ring (bicyclic) bond motifs is 1. The smallest absolute Gasteiger partial charge is 0.191 e. The summed E-state index contributed by atoms with van der Waals surface area (Å²) >= 11 is 7.47. The molecule has 0 aromatic carbocycles. The molecule has 1 aliphatic carbocycles. The average Bonchev–Trinajstić information content (AvgIpc) is 3.31. The Hall–Kier alpha value is -1.79. The molecule has 1 saturated carbocycles. The first kappa shape index (κ1) is 15.7. The van der Waals surface area contributed by atoms with Crippen molar-refractivity contribution in [3.05, 3.63) is 40.9 Å². The van der Waals surface area contributed by atoms with Crippen LogP contribution >= 0.6 is 23.4 Å². The molecule has 0 bridgehead atoms. The Kier molecular flexibility index (Phi) is 3.89. The van der Waals surface area contributed by atoms with E-state index in [-0.39, 0.29) is 5.25 Å². The van der Waals surface area contributed by atoms with E-state index in [0.29, 0.717) is 22.0 Å². The lowest BCUT2D eigenvalue weighted by atomic mass is 10.1. The second-order valence-corrected chi connectivity index (χ2v) is 7.95. The topological polar surface area (TPSA) is 69.6 Å². The highest BCUT2D eigenvalue weighted by Crippen LogP contribution is 2.44. The Labute approximate surface area is 149 Å². The first-order chi connectivity index (χ1) is 11.5. The van der Waals surface area contributed by atoms with E-state index in [1.807, 2.05) is 6.20 Å². The van der Waals surface area contributed by atoms with Crippen LogP contribution in [0.25, 0.3) is 10.9 Å². The zero-order valence-corrected chi connectivity index (χ0v) is 15.1. The molecule has 1 atom stereocenters. The highest BCUT2D eigenvalue weighted by atomic mass is 35.5. The highest BCUT2D eigenvalue weighted by molar-refractivity contribution is 7.99. The number of rotatable bonds is 4. The Morgan fingerprint density at radius 3 is 2.83 bits per heavy atom. The molecule has 2 N–H and O–H groups in total. The van der Waals surface area contributed by atoms with Gasteiger partial charge in [0.1, 0.15) is 11.0 Å². The second-order valence-electron chi connectivity index (χ2n) is 6.25. The molecule has 1 unspecified atom stereocenters. The van der Waals surface area contributed by atoms with E-state index in [0.717, 1.165) is 5.69 Å². The first-order valence-corrected chi connectivity index (χ1v) is 9.18. The zero-order chi connectivity index (χ0) is 16.8. The lowest BCUT2D eigenvalue weighted by Gasteiger charge is -2.11. The molecular formula is C17H18ClN5S. The van der Waals surface area contributed by atoms with Crippen molar-refractivity contribution in [1.29, 1.82) is 0 Å². The van der Waals surface area contributed by atoms with Crippen LogP contribution in [0.1, 0.15) is 42.2 Å². The monoisotopic (exact) mass is 359 g/mol. The van der Waals surface area contributed by atoms with E-state index >= 15 is 0 Å². The summed E-state index contributed by atoms with van der Waals surface area (Å²) in [6, 6.07) is 3.75. The van der Waals surface area contributed by atoms with E-state index in [4.69, 9.17) is 17.3 Å². The predicted octanol–water partition coefficient (Wildman–Crippen LogP) is 4.33. The molecule has 3 aromatic heterocycles. The minimum Gasteiger partial charge on any atom is -0.384 e. The molecule has 4 rings (SSSR count). The van der Waals surface area contributed by atoms with Crippen molar-refractivity contribution in [2.75, 3.05) is 5.73 Å². The van der Waals surface area contributed by atoms with Gasteiger partial charge >= 0.3 is 0 Å². The Bertz CT molecular complexity index is 898. The Balaban J connectivity index is 1.66. The van der Waals surface area contributed by atoms with Crippen LogP contribution in [0.2, 0.25) is 5.15 Å². The van der Waals surface area contributed by atoms with Crippen molar-refractivity contribution >= 4 is 40.1 Å². The third-order valence-electron chi connectivity index (χ3n) is 4.34. The minimum absolute atomic E-state index is 0.111. The molecule has 1 fully saturated rings. The summed E-state index contributed by atoms with van der Waals surface area (Å²) in [7, 11) is 2.08. The average molecular weight is 360 g/mol. The van der Waals surface area contributed by atoms with Gasteiger partial charge in [-0.15, -0.1) is 0 Å². The molecule has 3 heterocycles. The second kappa shape index (κ2) is 5.93. The number of thioether (sulfide) groups is 1. The largest absolute Gasteiger partial charge is 0.384 e. The minimum atomic E-state index is 0.111. The van der Waals surface area contributed by atoms with Crippen molar-refractivity contribution < 1.29 is 0 Å². The van der Waals surface area contributed by atoms with Crippen LogP contribution in [0.4, 0.5) is 5.82 Å². The Morgan fingerprint density at radius 2 is 2.12 bits per heavy atom. The Morgan fingerprint density at radius 1 is 1.33 bits per heavy atom. The number of nitrogens with zero attached hydrogens (tertiary/aromatic N) is 4. The number of hydrogen-bond acceptors (Lipinski definition) is 5. The quantitative estimate of drug-likeness (QED) is 0.426. The number of halogens is 1. The van der Waals surface area contributed by atoms with Crippen molar-refractivity contribution in [3.8, 4) is 0 Å². The predicted molar refractivity (Wildman–Crippen MR) is 98.4 cm³/mol. The standard InChI is InChI=1S/C17H18ClN5S/c1-9(24-17-21-15(18)6-16(19)22-17)13-5-11-12(10-3-4-10)8-23(2)14(11)7-20-13/h5-10H,3-4H2,1-2H3,(H2,19,21,22). The van der Waals surface area contributed by atoms with E-state index < -0.39 is 0 Å². The van der Waals surface area contributed by atoms with Crippen molar-refractivity contribution in [2.45, 2.75) is 36.1 Å². The molecule has 5 nitrogen and oxygen atoms in total. The summed E-state index contributed by atoms with van der Waals surface area (Å²) in [5, 5.41) is 2.35. The van der Waals surface area contributed by atoms with Gasteiger partial charge < -0.3 is 10.3 Å². The number of nitrogens with two attached hydrogens (primary N) is 1. The number of aryl methyl sites for hydroxylation is 1. The fraction of sp³-hybridized carbons (Fsp3) is 0.353.